The van der Waals surface area contributed by atoms with Gasteiger partial charge in [0.25, 0.3) is 5.91 Å². The number of amides is 1. The summed E-state index contributed by atoms with van der Waals surface area (Å²) in [6.45, 7) is 0.127. The Morgan fingerprint density at radius 1 is 0.875 bits per heavy atom. The van der Waals surface area contributed by atoms with E-state index in [4.69, 9.17) is 9.47 Å². The Balaban J connectivity index is 1.47. The van der Waals surface area contributed by atoms with E-state index in [1.54, 1.807) is 30.5 Å². The van der Waals surface area contributed by atoms with Crippen molar-refractivity contribution in [3.63, 3.8) is 0 Å². The van der Waals surface area contributed by atoms with Crippen LogP contribution in [0.4, 0.5) is 4.39 Å². The zero-order valence-electron chi connectivity index (χ0n) is 17.2. The van der Waals surface area contributed by atoms with E-state index >= 15 is 0 Å². The minimum Gasteiger partial charge on any atom is -0.488 e. The van der Waals surface area contributed by atoms with Gasteiger partial charge in [0.2, 0.25) is 0 Å². The van der Waals surface area contributed by atoms with Gasteiger partial charge in [0.05, 0.1) is 6.21 Å². The number of hydrogen-bond donors (Lipinski definition) is 1. The number of para-hydroxylation sites is 1. The van der Waals surface area contributed by atoms with Crippen molar-refractivity contribution in [3.8, 4) is 11.5 Å². The molecule has 0 aliphatic heterocycles. The van der Waals surface area contributed by atoms with Crippen molar-refractivity contribution in [2.75, 3.05) is 6.61 Å². The van der Waals surface area contributed by atoms with Crippen LogP contribution in [0.1, 0.15) is 11.1 Å². The summed E-state index contributed by atoms with van der Waals surface area (Å²) < 4.78 is 24.5. The molecule has 5 nitrogen and oxygen atoms in total. The first kappa shape index (κ1) is 21.1. The molecule has 4 aromatic rings. The third-order valence-electron chi connectivity index (χ3n) is 4.73. The first-order chi connectivity index (χ1) is 15.7. The number of ether oxygens (including phenoxy) is 2. The smallest absolute Gasteiger partial charge is 0.277 e. The zero-order valence-corrected chi connectivity index (χ0v) is 17.2. The van der Waals surface area contributed by atoms with E-state index in [2.05, 4.69) is 10.5 Å². The van der Waals surface area contributed by atoms with Crippen molar-refractivity contribution >= 4 is 22.9 Å². The monoisotopic (exact) mass is 428 g/mol. The molecule has 0 saturated heterocycles. The van der Waals surface area contributed by atoms with Gasteiger partial charge < -0.3 is 9.47 Å². The fraction of sp³-hybridized carbons (Fsp3) is 0.0769. The van der Waals surface area contributed by atoms with Crippen molar-refractivity contribution < 1.29 is 18.7 Å². The Labute approximate surface area is 185 Å². The number of hydrazone groups is 1. The second kappa shape index (κ2) is 10.2. The lowest BCUT2D eigenvalue weighted by atomic mass is 10.0. The minimum absolute atomic E-state index is 0.148. The van der Waals surface area contributed by atoms with E-state index in [1.165, 1.54) is 12.1 Å². The van der Waals surface area contributed by atoms with Crippen LogP contribution in [-0.4, -0.2) is 18.7 Å². The highest BCUT2D eigenvalue weighted by Crippen LogP contribution is 2.27. The van der Waals surface area contributed by atoms with Crippen LogP contribution in [0, 0.1) is 5.82 Å². The molecular weight excluding hydrogens is 407 g/mol. The maximum absolute atomic E-state index is 13.1. The number of fused-ring (bicyclic) bond motifs is 1. The predicted octanol–water partition coefficient (Wildman–Crippen LogP) is 5.09. The summed E-state index contributed by atoms with van der Waals surface area (Å²) in [7, 11) is 0. The molecule has 4 aromatic carbocycles. The highest BCUT2D eigenvalue weighted by atomic mass is 19.1. The lowest BCUT2D eigenvalue weighted by Crippen LogP contribution is -2.24. The number of rotatable bonds is 8. The lowest BCUT2D eigenvalue weighted by Gasteiger charge is -2.12. The van der Waals surface area contributed by atoms with Gasteiger partial charge in [-0.15, -0.1) is 0 Å². The van der Waals surface area contributed by atoms with Gasteiger partial charge in [0.15, 0.2) is 6.61 Å². The highest BCUT2D eigenvalue weighted by Gasteiger charge is 2.08. The van der Waals surface area contributed by atoms with Gasteiger partial charge in [0.1, 0.15) is 23.9 Å². The molecule has 160 valence electrons. The van der Waals surface area contributed by atoms with Crippen molar-refractivity contribution in [2.24, 2.45) is 5.10 Å². The van der Waals surface area contributed by atoms with E-state index in [1.807, 2.05) is 54.6 Å². The van der Waals surface area contributed by atoms with E-state index in [0.29, 0.717) is 11.5 Å². The third kappa shape index (κ3) is 5.49. The van der Waals surface area contributed by atoms with Crippen LogP contribution in [0.15, 0.2) is 96.1 Å². The quantitative estimate of drug-likeness (QED) is 0.314. The third-order valence-corrected chi connectivity index (χ3v) is 4.73. The van der Waals surface area contributed by atoms with Gasteiger partial charge in [-0.05, 0) is 46.7 Å². The van der Waals surface area contributed by atoms with Crippen LogP contribution in [-0.2, 0) is 11.4 Å². The van der Waals surface area contributed by atoms with Crippen molar-refractivity contribution in [1.82, 2.24) is 5.43 Å². The van der Waals surface area contributed by atoms with Gasteiger partial charge in [-0.2, -0.15) is 5.10 Å². The van der Waals surface area contributed by atoms with Gasteiger partial charge >= 0.3 is 0 Å². The number of carbonyl (C=O) groups is 1. The molecule has 0 atom stereocenters. The maximum Gasteiger partial charge on any atom is 0.277 e. The number of nitrogens with one attached hydrogen (secondary N) is 1. The molecule has 0 unspecified atom stereocenters. The van der Waals surface area contributed by atoms with Crippen LogP contribution in [0.3, 0.4) is 0 Å². The summed E-state index contributed by atoms with van der Waals surface area (Å²) in [6.07, 6.45) is 1.56. The summed E-state index contributed by atoms with van der Waals surface area (Å²) in [5.74, 6) is 0.544. The molecule has 0 heterocycles. The molecule has 1 N–H and O–H groups in total. The summed E-state index contributed by atoms with van der Waals surface area (Å²) in [5.41, 5.74) is 4.05. The zero-order chi connectivity index (χ0) is 22.2. The van der Waals surface area contributed by atoms with Crippen molar-refractivity contribution in [2.45, 2.75) is 6.61 Å². The van der Waals surface area contributed by atoms with E-state index in [0.717, 1.165) is 21.9 Å². The minimum atomic E-state index is -0.376. The van der Waals surface area contributed by atoms with Gasteiger partial charge in [-0.3, -0.25) is 4.79 Å². The van der Waals surface area contributed by atoms with Gasteiger partial charge in [-0.25, -0.2) is 9.82 Å². The van der Waals surface area contributed by atoms with Gasteiger partial charge in [-0.1, -0.05) is 60.7 Å². The molecule has 0 fully saturated rings. The summed E-state index contributed by atoms with van der Waals surface area (Å²) in [5, 5.41) is 6.05. The Kier molecular flexibility index (Phi) is 6.72. The first-order valence-electron chi connectivity index (χ1n) is 10.1. The number of benzene rings is 4. The number of nitrogens with zero attached hydrogens (tertiary/aromatic N) is 1. The highest BCUT2D eigenvalue weighted by molar-refractivity contribution is 6.02. The molecule has 0 spiro atoms. The maximum atomic E-state index is 13.1. The standard InChI is InChI=1S/C26H21FN2O3/c27-21-13-10-19(11-14-21)17-32-25-15-12-20-6-4-5-9-23(20)24(25)16-28-29-26(30)18-31-22-7-2-1-3-8-22/h1-16H,17-18H2,(H,29,30)/b28-16-. The molecule has 32 heavy (non-hydrogen) atoms. The molecule has 4 rings (SSSR count). The second-order valence-corrected chi connectivity index (χ2v) is 7.01. The Hall–Kier alpha value is -4.19. The molecular formula is C26H21FN2O3. The van der Waals surface area contributed by atoms with Crippen LogP contribution in [0.25, 0.3) is 10.8 Å². The van der Waals surface area contributed by atoms with Crippen LogP contribution in [0.2, 0.25) is 0 Å². The fourth-order valence-electron chi connectivity index (χ4n) is 3.14. The van der Waals surface area contributed by atoms with Crippen molar-refractivity contribution in [3.05, 3.63) is 108 Å². The average molecular weight is 428 g/mol. The fourth-order valence-corrected chi connectivity index (χ4v) is 3.14. The normalized spacial score (nSPS) is 10.9. The van der Waals surface area contributed by atoms with E-state index < -0.39 is 0 Å². The topological polar surface area (TPSA) is 59.9 Å². The predicted molar refractivity (Wildman–Crippen MR) is 122 cm³/mol. The Bertz CT molecular complexity index is 1230. The summed E-state index contributed by atoms with van der Waals surface area (Å²) in [4.78, 5) is 12.1. The van der Waals surface area contributed by atoms with Crippen LogP contribution in [0.5, 0.6) is 11.5 Å². The molecule has 0 aliphatic rings. The van der Waals surface area contributed by atoms with E-state index in [9.17, 15) is 9.18 Å². The lowest BCUT2D eigenvalue weighted by molar-refractivity contribution is -0.123. The molecule has 0 radical (unpaired) electrons. The number of carbonyl (C=O) groups excluding carboxylic acids is 1. The Morgan fingerprint density at radius 3 is 2.44 bits per heavy atom. The first-order valence-corrected chi connectivity index (χ1v) is 10.1. The largest absolute Gasteiger partial charge is 0.488 e. The van der Waals surface area contributed by atoms with Gasteiger partial charge in [0, 0.05) is 5.56 Å². The van der Waals surface area contributed by atoms with Crippen molar-refractivity contribution in [1.29, 1.82) is 0 Å². The SMILES string of the molecule is O=C(COc1ccccc1)N/N=C\c1c(OCc2ccc(F)cc2)ccc2ccccc12. The molecule has 6 heteroatoms. The molecule has 0 aromatic heterocycles. The molecule has 1 amide bonds. The number of halogens is 1. The second-order valence-electron chi connectivity index (χ2n) is 7.01. The molecule has 0 bridgehead atoms. The summed E-state index contributed by atoms with van der Waals surface area (Å²) in [6, 6.07) is 26.9. The average Bonchev–Trinajstić information content (AvgIpc) is 2.83. The van der Waals surface area contributed by atoms with Crippen LogP contribution >= 0.6 is 0 Å². The molecule has 0 aliphatic carbocycles. The Morgan fingerprint density at radius 2 is 1.62 bits per heavy atom. The molecule has 0 saturated carbocycles. The van der Waals surface area contributed by atoms with Crippen LogP contribution < -0.4 is 14.9 Å². The summed E-state index contributed by atoms with van der Waals surface area (Å²) >= 11 is 0. The van der Waals surface area contributed by atoms with E-state index in [-0.39, 0.29) is 24.9 Å². The number of hydrogen-bond acceptors (Lipinski definition) is 4.